The molecule has 4 heterocycles. The molecule has 2 aromatic carbocycles. The van der Waals surface area contributed by atoms with E-state index in [-0.39, 0.29) is 74.4 Å². The quantitative estimate of drug-likeness (QED) is 0.0516. The van der Waals surface area contributed by atoms with Crippen molar-refractivity contribution in [3.63, 3.8) is 0 Å². The molecule has 0 aliphatic rings. The van der Waals surface area contributed by atoms with Crippen LogP contribution in [0.5, 0.6) is 0 Å². The number of aromatic amines is 2. The molecule has 8 N–H and O–H groups in total. The lowest BCUT2D eigenvalue weighted by molar-refractivity contribution is -0.121. The zero-order valence-electron chi connectivity index (χ0n) is 46.5. The van der Waals surface area contributed by atoms with Gasteiger partial charge < -0.3 is 40.9 Å². The molecular formula is C65H78N6O10. The van der Waals surface area contributed by atoms with Crippen molar-refractivity contribution in [1.29, 1.82) is 0 Å². The number of nitrogens with one attached hydrogen (secondary N) is 4. The summed E-state index contributed by atoms with van der Waals surface area (Å²) < 4.78 is 10.2. The number of carbonyl (C=O) groups is 8. The normalized spacial score (nSPS) is 10.1. The molecule has 0 unspecified atom stereocenters. The van der Waals surface area contributed by atoms with E-state index >= 15 is 0 Å². The summed E-state index contributed by atoms with van der Waals surface area (Å²) >= 11 is 0. The molecule has 2 amide bonds. The molecule has 0 fully saturated rings. The number of nitrogen functional groups attached to an aromatic ring is 2. The van der Waals surface area contributed by atoms with Gasteiger partial charge in [-0.25, -0.2) is 0 Å². The predicted molar refractivity (Wildman–Crippen MR) is 322 cm³/mol. The van der Waals surface area contributed by atoms with Gasteiger partial charge in [-0.2, -0.15) is 0 Å². The molecule has 0 aliphatic carbocycles. The van der Waals surface area contributed by atoms with Crippen LogP contribution < -0.4 is 22.1 Å². The summed E-state index contributed by atoms with van der Waals surface area (Å²) in [5.41, 5.74) is 14.9. The van der Waals surface area contributed by atoms with Crippen LogP contribution in [0.2, 0.25) is 0 Å². The monoisotopic (exact) mass is 1100 g/mol. The molecule has 4 aromatic heterocycles. The van der Waals surface area contributed by atoms with Crippen LogP contribution in [-0.4, -0.2) is 56.5 Å². The van der Waals surface area contributed by atoms with Crippen molar-refractivity contribution < 1.29 is 47.2 Å². The zero-order chi connectivity index (χ0) is 58.8. The number of rotatable bonds is 6. The van der Waals surface area contributed by atoms with Crippen LogP contribution in [-0.2, 0) is 19.2 Å². The first-order chi connectivity index (χ1) is 36.1. The van der Waals surface area contributed by atoms with Gasteiger partial charge in [0, 0.05) is 93.9 Å². The van der Waals surface area contributed by atoms with Crippen molar-refractivity contribution in [3.05, 3.63) is 143 Å². The summed E-state index contributed by atoms with van der Waals surface area (Å²) in [6, 6.07) is 19.9. The summed E-state index contributed by atoms with van der Waals surface area (Å²) in [6.07, 6.45) is 5.95. The lowest BCUT2D eigenvalue weighted by Gasteiger charge is -2.10. The number of Topliss-reactive ketones (excluding diaryl/α,β-unsaturated/α-hetero) is 6. The van der Waals surface area contributed by atoms with Crippen LogP contribution in [0.25, 0.3) is 0 Å². The maximum atomic E-state index is 12.1. The van der Waals surface area contributed by atoms with Gasteiger partial charge in [0.1, 0.15) is 18.2 Å². The first-order valence-electron chi connectivity index (χ1n) is 24.3. The first-order valence-corrected chi connectivity index (χ1v) is 24.3. The van der Waals surface area contributed by atoms with Crippen LogP contribution in [0, 0.1) is 69.0 Å². The Kier molecular flexibility index (Phi) is 27.4. The number of H-pyrrole nitrogens is 2. The number of benzene rings is 2. The number of anilines is 4. The minimum atomic E-state index is -0.522. The third kappa shape index (κ3) is 25.1. The van der Waals surface area contributed by atoms with Crippen LogP contribution in [0.1, 0.15) is 184 Å². The number of furan rings is 2. The average Bonchev–Trinajstić information content (AvgIpc) is 4.20. The van der Waals surface area contributed by atoms with Crippen molar-refractivity contribution in [2.24, 2.45) is 21.7 Å². The Bertz CT molecular complexity index is 3200. The second-order valence-electron chi connectivity index (χ2n) is 21.6. The molecular weight excluding hydrogens is 1020 g/mol. The molecule has 0 saturated heterocycles. The molecule has 16 nitrogen and oxygen atoms in total. The number of amides is 2. The van der Waals surface area contributed by atoms with E-state index in [1.165, 1.54) is 38.5 Å². The summed E-state index contributed by atoms with van der Waals surface area (Å²) in [7, 11) is 0. The maximum absolute atomic E-state index is 12.1. The van der Waals surface area contributed by atoms with E-state index in [4.69, 9.17) is 20.3 Å². The highest BCUT2D eigenvalue weighted by Gasteiger charge is 2.22. The third-order valence-electron chi connectivity index (χ3n) is 10.1. The SMILES string of the molecule is C.C.C.CC(=O)c1cc(C#CC(=O)C(C)(C)C)c[nH]1.CC(=O)c1cc(C#CC(=O)C(C)(C)C)co1.CC(C)(C)C(=O)C#Cc1c[nH]c(C(=O)Nc2ccc(N)cc2)c1.CC(C)(C)C(=O)C#Cc1coc(C(=O)Nc2ccc(N)cc2)c1. The minimum absolute atomic E-state index is 0. The fourth-order valence-electron chi connectivity index (χ4n) is 5.16. The summed E-state index contributed by atoms with van der Waals surface area (Å²) in [4.78, 5) is 98.4. The summed E-state index contributed by atoms with van der Waals surface area (Å²) in [5, 5.41) is 5.43. The lowest BCUT2D eigenvalue weighted by atomic mass is 9.91. The molecule has 0 spiro atoms. The second-order valence-corrected chi connectivity index (χ2v) is 21.6. The fourth-order valence-corrected chi connectivity index (χ4v) is 5.16. The average molecular weight is 1100 g/mol. The van der Waals surface area contributed by atoms with E-state index < -0.39 is 27.6 Å². The molecule has 6 aromatic rings. The van der Waals surface area contributed by atoms with Crippen LogP contribution in [0.3, 0.4) is 0 Å². The Labute approximate surface area is 477 Å². The Hall–Kier alpha value is -9.64. The minimum Gasteiger partial charge on any atom is -0.460 e. The molecule has 0 radical (unpaired) electrons. The van der Waals surface area contributed by atoms with E-state index in [0.29, 0.717) is 56.4 Å². The predicted octanol–water partition coefficient (Wildman–Crippen LogP) is 12.4. The molecule has 16 heteroatoms. The van der Waals surface area contributed by atoms with E-state index in [2.05, 4.69) is 68.0 Å². The molecule has 428 valence electrons. The van der Waals surface area contributed by atoms with Crippen LogP contribution in [0.4, 0.5) is 22.7 Å². The Morgan fingerprint density at radius 1 is 0.420 bits per heavy atom. The van der Waals surface area contributed by atoms with Gasteiger partial charge in [0.2, 0.25) is 23.1 Å². The molecule has 6 rings (SSSR count). The molecule has 0 bridgehead atoms. The molecule has 0 saturated carbocycles. The van der Waals surface area contributed by atoms with E-state index in [1.54, 1.807) is 115 Å². The number of ketones is 6. The highest BCUT2D eigenvalue weighted by atomic mass is 16.3. The van der Waals surface area contributed by atoms with E-state index in [9.17, 15) is 38.4 Å². The van der Waals surface area contributed by atoms with Crippen molar-refractivity contribution >= 4 is 69.3 Å². The number of hydrogen-bond acceptors (Lipinski definition) is 12. The van der Waals surface area contributed by atoms with Crippen molar-refractivity contribution in [2.45, 2.75) is 119 Å². The van der Waals surface area contributed by atoms with Gasteiger partial charge in [-0.05, 0) is 84.3 Å². The van der Waals surface area contributed by atoms with Crippen molar-refractivity contribution in [3.8, 4) is 47.4 Å². The zero-order valence-corrected chi connectivity index (χ0v) is 46.5. The fraction of sp³-hybridized carbons (Fsp3) is 0.323. The Morgan fingerprint density at radius 3 is 1.05 bits per heavy atom. The van der Waals surface area contributed by atoms with Crippen molar-refractivity contribution in [1.82, 2.24) is 9.97 Å². The number of carbonyl (C=O) groups excluding carboxylic acids is 8. The number of nitrogens with two attached hydrogens (primary N) is 2. The first kappa shape index (κ1) is 71.4. The summed E-state index contributed by atoms with van der Waals surface area (Å²) in [6.45, 7) is 24.6. The molecule has 81 heavy (non-hydrogen) atoms. The number of hydrogen-bond donors (Lipinski definition) is 6. The van der Waals surface area contributed by atoms with Gasteiger partial charge in [0.15, 0.2) is 23.1 Å². The molecule has 0 atom stereocenters. The highest BCUT2D eigenvalue weighted by molar-refractivity contribution is 6.05. The van der Waals surface area contributed by atoms with Gasteiger partial charge in [-0.15, -0.1) is 0 Å². The van der Waals surface area contributed by atoms with Crippen LogP contribution >= 0.6 is 0 Å². The van der Waals surface area contributed by atoms with Gasteiger partial charge in [0.25, 0.3) is 11.8 Å². The maximum Gasteiger partial charge on any atom is 0.291 e. The van der Waals surface area contributed by atoms with Gasteiger partial charge in [-0.3, -0.25) is 38.4 Å². The summed E-state index contributed by atoms with van der Waals surface area (Å²) in [5.74, 6) is 20.1. The standard InChI is InChI=1S/C18H19N3O2.C18H18N2O3.C13H15NO2.C13H14O3.3CH4/c1-18(2,3)16(22)9-4-12-10-15(20-11-12)17(23)21-14-7-5-13(19)6-8-14;1-18(2,3)16(21)9-4-12-10-15(23-11-12)17(22)20-14-7-5-13(19)6-8-14;1-9(15)11-7-10(8-14-11)5-6-12(16)13(2,3)4;1-9(14)11-7-10(8-16-11)5-6-12(15)13(2,3)4;;;/h5-8,10-11,20H,19H2,1-3H3,(H,21,23);5-8,10-11H,19H2,1-3H3,(H,20,22);7-8,14H,1-4H3;7-8H,1-4H3;3*1H4. The van der Waals surface area contributed by atoms with Gasteiger partial charge >= 0.3 is 0 Å². The van der Waals surface area contributed by atoms with E-state index in [1.807, 2.05) is 41.5 Å². The van der Waals surface area contributed by atoms with Gasteiger partial charge in [-0.1, -0.05) is 129 Å². The van der Waals surface area contributed by atoms with Gasteiger partial charge in [0.05, 0.1) is 16.8 Å². The lowest BCUT2D eigenvalue weighted by Crippen LogP contribution is -2.17. The van der Waals surface area contributed by atoms with Crippen LogP contribution in [0.15, 0.2) is 107 Å². The van der Waals surface area contributed by atoms with E-state index in [0.717, 1.165) is 0 Å². The van der Waals surface area contributed by atoms with Crippen molar-refractivity contribution in [2.75, 3.05) is 22.1 Å². The Balaban J connectivity index is 0.00000106. The highest BCUT2D eigenvalue weighted by Crippen LogP contribution is 2.19. The third-order valence-corrected chi connectivity index (χ3v) is 10.1. The largest absolute Gasteiger partial charge is 0.460 e. The smallest absolute Gasteiger partial charge is 0.291 e. The molecule has 0 aliphatic heterocycles. The second kappa shape index (κ2) is 31.1. The Morgan fingerprint density at radius 2 is 0.728 bits per heavy atom. The topological polar surface area (TPSA) is 271 Å². The number of aromatic nitrogens is 2.